The molecule has 0 fully saturated rings. The van der Waals surface area contributed by atoms with Gasteiger partial charge in [-0.3, -0.25) is 14.4 Å². The molecule has 3 aromatic rings. The van der Waals surface area contributed by atoms with Gasteiger partial charge in [-0.2, -0.15) is 13.2 Å². The number of alkyl halides is 3. The molecule has 3 atom stereocenters. The van der Waals surface area contributed by atoms with Crippen LogP contribution in [0.5, 0.6) is 0 Å². The van der Waals surface area contributed by atoms with Gasteiger partial charge < -0.3 is 10.6 Å². The van der Waals surface area contributed by atoms with E-state index in [2.05, 4.69) is 10.6 Å². The van der Waals surface area contributed by atoms with E-state index in [9.17, 15) is 27.6 Å². The number of benzene rings is 3. The van der Waals surface area contributed by atoms with Crippen molar-refractivity contribution in [2.45, 2.75) is 50.9 Å². The third-order valence-electron chi connectivity index (χ3n) is 6.38. The molecular weight excluding hydrogens is 564 g/mol. The molecule has 0 unspecified atom stereocenters. The number of carbonyl (C=O) groups excluding carboxylic acids is 3. The summed E-state index contributed by atoms with van der Waals surface area (Å²) < 4.78 is 39.7. The van der Waals surface area contributed by atoms with Crippen molar-refractivity contribution in [3.63, 3.8) is 0 Å². The summed E-state index contributed by atoms with van der Waals surface area (Å²) in [6, 6.07) is 19.4. The van der Waals surface area contributed by atoms with E-state index in [1.165, 1.54) is 13.8 Å². The van der Waals surface area contributed by atoms with E-state index in [-0.39, 0.29) is 6.42 Å². The summed E-state index contributed by atoms with van der Waals surface area (Å²) in [6.45, 7) is 2.80. The van der Waals surface area contributed by atoms with Crippen molar-refractivity contribution in [2.24, 2.45) is 5.92 Å². The molecule has 0 aliphatic heterocycles. The Bertz CT molecular complexity index is 1300. The van der Waals surface area contributed by atoms with Crippen LogP contribution < -0.4 is 10.6 Å². The Labute approximate surface area is 241 Å². The van der Waals surface area contributed by atoms with Crippen LogP contribution in [0.3, 0.4) is 0 Å². The Balaban J connectivity index is 1.93. The van der Waals surface area contributed by atoms with Crippen LogP contribution in [0.1, 0.15) is 36.5 Å². The second-order valence-electron chi connectivity index (χ2n) is 9.78. The van der Waals surface area contributed by atoms with Gasteiger partial charge in [0, 0.05) is 16.5 Å². The molecule has 0 bridgehead atoms. The first-order chi connectivity index (χ1) is 18.8. The van der Waals surface area contributed by atoms with Crippen LogP contribution >= 0.6 is 23.2 Å². The summed E-state index contributed by atoms with van der Waals surface area (Å²) in [5.74, 6) is -5.06. The van der Waals surface area contributed by atoms with Crippen molar-refractivity contribution in [3.05, 3.63) is 106 Å². The lowest BCUT2D eigenvalue weighted by Gasteiger charge is -2.27. The molecule has 3 rings (SSSR count). The molecule has 0 saturated carbocycles. The number of nitrogens with one attached hydrogen (secondary N) is 2. The number of ketones is 1. The van der Waals surface area contributed by atoms with E-state index in [0.717, 1.165) is 5.56 Å². The van der Waals surface area contributed by atoms with Crippen LogP contribution in [0.4, 0.5) is 13.2 Å². The molecule has 40 heavy (non-hydrogen) atoms. The molecular formula is C30H29Cl2F3N2O3. The molecule has 0 heterocycles. The van der Waals surface area contributed by atoms with Gasteiger partial charge in [0.25, 0.3) is 5.78 Å². The average Bonchev–Trinajstić information content (AvgIpc) is 2.91. The minimum absolute atomic E-state index is 0.0432. The monoisotopic (exact) mass is 592 g/mol. The lowest BCUT2D eigenvalue weighted by atomic mass is 9.90. The van der Waals surface area contributed by atoms with Gasteiger partial charge in [0.15, 0.2) is 0 Å². The Kier molecular flexibility index (Phi) is 10.8. The predicted octanol–water partition coefficient (Wildman–Crippen LogP) is 6.32. The zero-order valence-corrected chi connectivity index (χ0v) is 23.4. The SMILES string of the molecule is CC(C)[C@H](NC(=O)[C@H](Cc1ccc(Cl)cc1)NC(=O)[C@@H](Cc1ccccc1)c1ccc(Cl)cc1)C(=O)C(F)(F)F. The molecule has 2 amide bonds. The lowest BCUT2D eigenvalue weighted by Crippen LogP contribution is -2.56. The number of halogens is 5. The fourth-order valence-electron chi connectivity index (χ4n) is 4.21. The van der Waals surface area contributed by atoms with Crippen molar-refractivity contribution in [2.75, 3.05) is 0 Å². The van der Waals surface area contributed by atoms with Crippen LogP contribution in [0.25, 0.3) is 0 Å². The summed E-state index contributed by atoms with van der Waals surface area (Å²) in [4.78, 5) is 39.1. The summed E-state index contributed by atoms with van der Waals surface area (Å²) >= 11 is 12.0. The van der Waals surface area contributed by atoms with Gasteiger partial charge in [0.1, 0.15) is 6.04 Å². The Morgan fingerprint density at radius 3 is 1.77 bits per heavy atom. The van der Waals surface area contributed by atoms with E-state index in [4.69, 9.17) is 23.2 Å². The molecule has 0 saturated heterocycles. The normalized spacial score (nSPS) is 13.8. The third-order valence-corrected chi connectivity index (χ3v) is 6.89. The fourth-order valence-corrected chi connectivity index (χ4v) is 4.46. The zero-order valence-electron chi connectivity index (χ0n) is 21.8. The average molecular weight is 593 g/mol. The molecule has 3 aromatic carbocycles. The quantitative estimate of drug-likeness (QED) is 0.273. The highest BCUT2D eigenvalue weighted by Crippen LogP contribution is 2.25. The Morgan fingerprint density at radius 1 is 0.725 bits per heavy atom. The summed E-state index contributed by atoms with van der Waals surface area (Å²) in [5, 5.41) is 5.89. The Hall–Kier alpha value is -3.36. The van der Waals surface area contributed by atoms with E-state index in [1.54, 1.807) is 48.5 Å². The van der Waals surface area contributed by atoms with Crippen molar-refractivity contribution < 1.29 is 27.6 Å². The number of Topliss-reactive ketones (excluding diaryl/α,β-unsaturated/α-hetero) is 1. The molecule has 0 radical (unpaired) electrons. The first kappa shape index (κ1) is 31.2. The molecule has 0 aromatic heterocycles. The van der Waals surface area contributed by atoms with Gasteiger partial charge in [0.05, 0.1) is 12.0 Å². The fraction of sp³-hybridized carbons (Fsp3) is 0.300. The molecule has 0 aliphatic carbocycles. The lowest BCUT2D eigenvalue weighted by molar-refractivity contribution is -0.175. The van der Waals surface area contributed by atoms with Crippen molar-refractivity contribution in [3.8, 4) is 0 Å². The molecule has 2 N–H and O–H groups in total. The predicted molar refractivity (Wildman–Crippen MR) is 149 cm³/mol. The van der Waals surface area contributed by atoms with Crippen molar-refractivity contribution >= 4 is 40.8 Å². The number of hydrogen-bond donors (Lipinski definition) is 2. The van der Waals surface area contributed by atoms with Crippen LogP contribution in [-0.2, 0) is 27.2 Å². The van der Waals surface area contributed by atoms with Gasteiger partial charge >= 0.3 is 6.18 Å². The number of hydrogen-bond acceptors (Lipinski definition) is 3. The maximum Gasteiger partial charge on any atom is 0.452 e. The standard InChI is InChI=1S/C30H29Cl2F3N2O3/c1-18(2)26(27(38)30(33,34)35)37-29(40)25(17-20-8-12-22(31)13-9-20)36-28(39)24(16-19-6-4-3-5-7-19)21-10-14-23(32)15-11-21/h3-15,18,24-26H,16-17H2,1-2H3,(H,36,39)(H,37,40)/t24-,25-,26-/m0/s1. The molecule has 0 spiro atoms. The summed E-state index contributed by atoms with van der Waals surface area (Å²) in [5.41, 5.74) is 2.12. The minimum Gasteiger partial charge on any atom is -0.344 e. The van der Waals surface area contributed by atoms with Gasteiger partial charge in [0.2, 0.25) is 11.8 Å². The molecule has 212 valence electrons. The highest BCUT2D eigenvalue weighted by Gasteiger charge is 2.45. The Morgan fingerprint density at radius 2 is 1.25 bits per heavy atom. The van der Waals surface area contributed by atoms with Crippen LogP contribution in [-0.4, -0.2) is 35.9 Å². The minimum atomic E-state index is -5.13. The van der Waals surface area contributed by atoms with Crippen molar-refractivity contribution in [1.29, 1.82) is 0 Å². The van der Waals surface area contributed by atoms with E-state index in [0.29, 0.717) is 27.6 Å². The third kappa shape index (κ3) is 8.83. The smallest absolute Gasteiger partial charge is 0.344 e. The van der Waals surface area contributed by atoms with Crippen molar-refractivity contribution in [1.82, 2.24) is 10.6 Å². The van der Waals surface area contributed by atoms with Crippen LogP contribution in [0.2, 0.25) is 10.0 Å². The van der Waals surface area contributed by atoms with Crippen LogP contribution in [0.15, 0.2) is 78.9 Å². The van der Waals surface area contributed by atoms with Gasteiger partial charge in [-0.1, -0.05) is 91.6 Å². The first-order valence-electron chi connectivity index (χ1n) is 12.6. The summed E-state index contributed by atoms with van der Waals surface area (Å²) in [6.07, 6.45) is -4.88. The maximum absolute atomic E-state index is 13.7. The highest BCUT2D eigenvalue weighted by molar-refractivity contribution is 6.30. The van der Waals surface area contributed by atoms with E-state index in [1.807, 2.05) is 30.3 Å². The first-order valence-corrected chi connectivity index (χ1v) is 13.4. The topological polar surface area (TPSA) is 75.3 Å². The van der Waals surface area contributed by atoms with E-state index < -0.39 is 47.7 Å². The van der Waals surface area contributed by atoms with Gasteiger partial charge in [-0.25, -0.2) is 0 Å². The second kappa shape index (κ2) is 13.8. The second-order valence-corrected chi connectivity index (χ2v) is 10.7. The highest BCUT2D eigenvalue weighted by atomic mass is 35.5. The number of carbonyl (C=O) groups is 3. The van der Waals surface area contributed by atoms with Crippen LogP contribution in [0, 0.1) is 5.92 Å². The van der Waals surface area contributed by atoms with Gasteiger partial charge in [-0.15, -0.1) is 0 Å². The molecule has 0 aliphatic rings. The van der Waals surface area contributed by atoms with E-state index >= 15 is 0 Å². The molecule has 10 heteroatoms. The number of rotatable bonds is 11. The zero-order chi connectivity index (χ0) is 29.4. The largest absolute Gasteiger partial charge is 0.452 e. The maximum atomic E-state index is 13.7. The molecule has 5 nitrogen and oxygen atoms in total. The number of amides is 2. The summed E-state index contributed by atoms with van der Waals surface area (Å²) in [7, 11) is 0. The van der Waals surface area contributed by atoms with Gasteiger partial charge in [-0.05, 0) is 53.3 Å².